The van der Waals surface area contributed by atoms with E-state index >= 15 is 0 Å². The van der Waals surface area contributed by atoms with Crippen LogP contribution in [0.5, 0.6) is 5.75 Å². The summed E-state index contributed by atoms with van der Waals surface area (Å²) in [5, 5.41) is 0. The van der Waals surface area contributed by atoms with Gasteiger partial charge in [0.05, 0.1) is 0 Å². The molecular weight excluding hydrogens is 188 g/mol. The van der Waals surface area contributed by atoms with Crippen molar-refractivity contribution in [1.29, 1.82) is 0 Å². The predicted octanol–water partition coefficient (Wildman–Crippen LogP) is 2.90. The number of benzene rings is 1. The van der Waals surface area contributed by atoms with E-state index < -0.39 is 0 Å². The molecule has 0 saturated carbocycles. The van der Waals surface area contributed by atoms with E-state index in [9.17, 15) is 0 Å². The molecule has 0 aliphatic rings. The highest BCUT2D eigenvalue weighted by molar-refractivity contribution is 8.10. The van der Waals surface area contributed by atoms with Gasteiger partial charge in [0.25, 0.3) is 0 Å². The van der Waals surface area contributed by atoms with Gasteiger partial charge < -0.3 is 4.74 Å². The first-order valence-corrected chi connectivity index (χ1v) is 4.44. The van der Waals surface area contributed by atoms with Crippen molar-refractivity contribution in [2.24, 2.45) is 0 Å². The third-order valence-electron chi connectivity index (χ3n) is 1.60. The van der Waals surface area contributed by atoms with Gasteiger partial charge in [-0.15, -0.1) is 0 Å². The molecule has 3 heteroatoms. The molecule has 64 valence electrons. The minimum Gasteiger partial charge on any atom is -0.440 e. The van der Waals surface area contributed by atoms with E-state index in [1.54, 1.807) is 0 Å². The van der Waals surface area contributed by atoms with E-state index in [1.807, 2.05) is 32.0 Å². The lowest BCUT2D eigenvalue weighted by atomic mass is 10.1. The second-order valence-electron chi connectivity index (χ2n) is 2.59. The molecule has 0 unspecified atom stereocenters. The smallest absolute Gasteiger partial charge is 0.222 e. The fraction of sp³-hybridized carbons (Fsp3) is 0.222. The first-order valence-electron chi connectivity index (χ1n) is 3.58. The minimum absolute atomic E-state index is 0.257. The van der Waals surface area contributed by atoms with Crippen LogP contribution in [0.1, 0.15) is 11.1 Å². The van der Waals surface area contributed by atoms with Crippen LogP contribution < -0.4 is 4.74 Å². The summed E-state index contributed by atoms with van der Waals surface area (Å²) in [4.78, 5) is 0. The maximum atomic E-state index is 5.27. The van der Waals surface area contributed by atoms with E-state index in [4.69, 9.17) is 17.0 Å². The minimum atomic E-state index is 0.257. The standard InChI is InChI=1S/C9H10OS2/c1-6-4-3-5-7(2)8(6)10-9(11)12/h3-5H,1-2H3,(H,11,12). The Morgan fingerprint density at radius 3 is 2.25 bits per heavy atom. The average Bonchev–Trinajstić information content (AvgIpc) is 1.97. The van der Waals surface area contributed by atoms with Gasteiger partial charge in [-0.3, -0.25) is 0 Å². The lowest BCUT2D eigenvalue weighted by Gasteiger charge is -2.08. The van der Waals surface area contributed by atoms with Gasteiger partial charge in [-0.2, -0.15) is 0 Å². The molecule has 1 aromatic carbocycles. The van der Waals surface area contributed by atoms with Gasteiger partial charge in [0.1, 0.15) is 5.75 Å². The molecule has 1 aromatic rings. The van der Waals surface area contributed by atoms with Crippen LogP contribution in [-0.4, -0.2) is 4.38 Å². The Balaban J connectivity index is 3.04. The fourth-order valence-electron chi connectivity index (χ4n) is 1.05. The SMILES string of the molecule is Cc1cccc(C)c1OC(=S)S. The molecule has 0 aliphatic carbocycles. The number of hydrogen-bond donors (Lipinski definition) is 1. The predicted molar refractivity (Wildman–Crippen MR) is 58.1 cm³/mol. The highest BCUT2D eigenvalue weighted by Gasteiger charge is 2.03. The van der Waals surface area contributed by atoms with Crippen LogP contribution >= 0.6 is 24.8 Å². The largest absolute Gasteiger partial charge is 0.440 e. The maximum Gasteiger partial charge on any atom is 0.222 e. The topological polar surface area (TPSA) is 9.23 Å². The summed E-state index contributed by atoms with van der Waals surface area (Å²) in [6, 6.07) is 5.95. The first kappa shape index (κ1) is 9.55. The summed E-state index contributed by atoms with van der Waals surface area (Å²) in [6.07, 6.45) is 0. The molecule has 0 atom stereocenters. The second-order valence-corrected chi connectivity index (χ2v) is 3.67. The van der Waals surface area contributed by atoms with Gasteiger partial charge in [0.15, 0.2) is 0 Å². The Morgan fingerprint density at radius 2 is 1.83 bits per heavy atom. The van der Waals surface area contributed by atoms with Crippen LogP contribution in [-0.2, 0) is 0 Å². The number of para-hydroxylation sites is 1. The number of rotatable bonds is 1. The van der Waals surface area contributed by atoms with Gasteiger partial charge in [-0.05, 0) is 37.2 Å². The Labute approximate surface area is 83.2 Å². The van der Waals surface area contributed by atoms with E-state index in [2.05, 4.69) is 12.6 Å². The normalized spacial score (nSPS) is 9.58. The van der Waals surface area contributed by atoms with Crippen molar-refractivity contribution in [1.82, 2.24) is 0 Å². The number of thiol groups is 1. The van der Waals surface area contributed by atoms with Crippen molar-refractivity contribution in [3.63, 3.8) is 0 Å². The Hall–Kier alpha value is -0.540. The quantitative estimate of drug-likeness (QED) is 0.549. The van der Waals surface area contributed by atoms with E-state index in [-0.39, 0.29) is 4.38 Å². The molecule has 0 heterocycles. The van der Waals surface area contributed by atoms with Crippen LogP contribution in [0.4, 0.5) is 0 Å². The van der Waals surface area contributed by atoms with Crippen LogP contribution in [0.25, 0.3) is 0 Å². The zero-order chi connectivity index (χ0) is 9.14. The third-order valence-corrected chi connectivity index (χ3v) is 1.77. The van der Waals surface area contributed by atoms with Crippen molar-refractivity contribution in [2.45, 2.75) is 13.8 Å². The average molecular weight is 198 g/mol. The van der Waals surface area contributed by atoms with Crippen LogP contribution in [0.3, 0.4) is 0 Å². The van der Waals surface area contributed by atoms with Gasteiger partial charge in [0, 0.05) is 0 Å². The van der Waals surface area contributed by atoms with E-state index in [1.165, 1.54) is 0 Å². The molecule has 0 saturated heterocycles. The first-order chi connectivity index (χ1) is 5.61. The highest BCUT2D eigenvalue weighted by atomic mass is 32.1. The van der Waals surface area contributed by atoms with Gasteiger partial charge >= 0.3 is 0 Å². The lowest BCUT2D eigenvalue weighted by molar-refractivity contribution is 0.569. The molecule has 1 nitrogen and oxygen atoms in total. The summed E-state index contributed by atoms with van der Waals surface area (Å²) >= 11 is 8.65. The molecule has 12 heavy (non-hydrogen) atoms. The fourth-order valence-corrected chi connectivity index (χ4v) is 1.22. The van der Waals surface area contributed by atoms with Gasteiger partial charge in [-0.1, -0.05) is 30.8 Å². The second kappa shape index (κ2) is 3.92. The Bertz CT molecular complexity index is 287. The van der Waals surface area contributed by atoms with Crippen LogP contribution in [0.2, 0.25) is 0 Å². The van der Waals surface area contributed by atoms with Crippen molar-refractivity contribution in [2.75, 3.05) is 0 Å². The molecule has 0 N–H and O–H groups in total. The summed E-state index contributed by atoms with van der Waals surface area (Å²) < 4.78 is 5.53. The molecule has 0 aliphatic heterocycles. The Kier molecular flexibility index (Phi) is 3.12. The maximum absolute atomic E-state index is 5.27. The molecule has 0 aromatic heterocycles. The highest BCUT2D eigenvalue weighted by Crippen LogP contribution is 2.22. The third kappa shape index (κ3) is 2.22. The number of hydrogen-bond acceptors (Lipinski definition) is 2. The van der Waals surface area contributed by atoms with Crippen molar-refractivity contribution in [3.8, 4) is 5.75 Å². The van der Waals surface area contributed by atoms with Crippen LogP contribution in [0.15, 0.2) is 18.2 Å². The summed E-state index contributed by atoms with van der Waals surface area (Å²) in [5.74, 6) is 0.817. The van der Waals surface area contributed by atoms with Crippen molar-refractivity contribution >= 4 is 29.2 Å². The van der Waals surface area contributed by atoms with E-state index in [0.29, 0.717) is 0 Å². The zero-order valence-corrected chi connectivity index (χ0v) is 8.71. The zero-order valence-electron chi connectivity index (χ0n) is 7.00. The van der Waals surface area contributed by atoms with Crippen molar-refractivity contribution in [3.05, 3.63) is 29.3 Å². The van der Waals surface area contributed by atoms with Gasteiger partial charge in [-0.25, -0.2) is 0 Å². The van der Waals surface area contributed by atoms with Gasteiger partial charge in [0.2, 0.25) is 4.38 Å². The molecule has 0 radical (unpaired) electrons. The molecule has 0 spiro atoms. The lowest BCUT2D eigenvalue weighted by Crippen LogP contribution is -1.99. The van der Waals surface area contributed by atoms with Crippen LogP contribution in [0, 0.1) is 13.8 Å². The number of thiocarbonyl (C=S) groups is 1. The molecule has 0 bridgehead atoms. The summed E-state index contributed by atoms with van der Waals surface area (Å²) in [5.41, 5.74) is 2.15. The molecular formula is C9H10OS2. The monoisotopic (exact) mass is 198 g/mol. The summed E-state index contributed by atoms with van der Waals surface area (Å²) in [7, 11) is 0. The van der Waals surface area contributed by atoms with Crippen molar-refractivity contribution < 1.29 is 4.74 Å². The number of aryl methyl sites for hydroxylation is 2. The molecule has 1 rings (SSSR count). The summed E-state index contributed by atoms with van der Waals surface area (Å²) in [6.45, 7) is 3.96. The Morgan fingerprint density at radius 1 is 1.33 bits per heavy atom. The molecule has 0 fully saturated rings. The molecule has 0 amide bonds. The van der Waals surface area contributed by atoms with E-state index in [0.717, 1.165) is 16.9 Å². The number of ether oxygens (including phenoxy) is 1.